The Hall–Kier alpha value is -1.14. The first kappa shape index (κ1) is 10.4. The van der Waals surface area contributed by atoms with Crippen LogP contribution in [0.4, 0.5) is 13.2 Å². The number of nitrogens with zero attached hydrogens (tertiary/aromatic N) is 2. The molecule has 0 fully saturated rings. The van der Waals surface area contributed by atoms with Crippen LogP contribution in [-0.4, -0.2) is 9.36 Å². The fourth-order valence-electron chi connectivity index (χ4n) is 1.01. The largest absolute Gasteiger partial charge is 0.234 e. The quantitative estimate of drug-likeness (QED) is 0.726. The van der Waals surface area contributed by atoms with Crippen molar-refractivity contribution in [3.05, 3.63) is 34.9 Å². The van der Waals surface area contributed by atoms with Crippen LogP contribution in [0.1, 0.15) is 0 Å². The van der Waals surface area contributed by atoms with E-state index < -0.39 is 17.5 Å². The van der Waals surface area contributed by atoms with Crippen molar-refractivity contribution >= 4 is 23.1 Å². The van der Waals surface area contributed by atoms with Gasteiger partial charge >= 0.3 is 0 Å². The number of rotatable bonds is 1. The average molecular weight is 251 g/mol. The van der Waals surface area contributed by atoms with Crippen molar-refractivity contribution in [2.24, 2.45) is 0 Å². The third kappa shape index (κ3) is 1.82. The first-order valence-corrected chi connectivity index (χ1v) is 4.88. The molecule has 0 aliphatic rings. The molecule has 0 unspecified atom stereocenters. The number of hydrogen-bond donors (Lipinski definition) is 0. The maximum Gasteiger partial charge on any atom is 0.234 e. The summed E-state index contributed by atoms with van der Waals surface area (Å²) in [6.45, 7) is 0. The fraction of sp³-hybridized carbons (Fsp3) is 0. The third-order valence-corrected chi connectivity index (χ3v) is 2.68. The molecule has 0 amide bonds. The van der Waals surface area contributed by atoms with Gasteiger partial charge < -0.3 is 0 Å². The fourth-order valence-corrected chi connectivity index (χ4v) is 1.83. The molecule has 0 aliphatic carbocycles. The maximum atomic E-state index is 13.2. The Morgan fingerprint density at radius 1 is 1.13 bits per heavy atom. The second-order valence-corrected chi connectivity index (χ2v) is 3.68. The van der Waals surface area contributed by atoms with E-state index in [1.165, 1.54) is 0 Å². The Morgan fingerprint density at radius 3 is 2.47 bits per heavy atom. The Labute approximate surface area is 91.5 Å². The maximum absolute atomic E-state index is 13.2. The molecular formula is C8H2ClF3N2S. The van der Waals surface area contributed by atoms with Gasteiger partial charge in [0.25, 0.3) is 0 Å². The highest BCUT2D eigenvalue weighted by Crippen LogP contribution is 2.27. The number of halogens is 4. The van der Waals surface area contributed by atoms with Crippen LogP contribution < -0.4 is 0 Å². The summed E-state index contributed by atoms with van der Waals surface area (Å²) < 4.78 is 42.3. The topological polar surface area (TPSA) is 25.8 Å². The van der Waals surface area contributed by atoms with Crippen molar-refractivity contribution in [3.8, 4) is 10.6 Å². The van der Waals surface area contributed by atoms with Crippen molar-refractivity contribution in [2.75, 3.05) is 0 Å². The smallest absolute Gasteiger partial charge is 0.204 e. The van der Waals surface area contributed by atoms with E-state index in [0.717, 1.165) is 23.7 Å². The van der Waals surface area contributed by atoms with Crippen molar-refractivity contribution in [1.82, 2.24) is 9.36 Å². The third-order valence-electron chi connectivity index (χ3n) is 1.67. The lowest BCUT2D eigenvalue weighted by Gasteiger charge is -1.99. The Bertz CT molecular complexity index is 515. The first-order chi connectivity index (χ1) is 7.09. The van der Waals surface area contributed by atoms with Crippen molar-refractivity contribution in [1.29, 1.82) is 0 Å². The number of hydrogen-bond acceptors (Lipinski definition) is 3. The van der Waals surface area contributed by atoms with E-state index >= 15 is 0 Å². The van der Waals surface area contributed by atoms with Gasteiger partial charge in [0.15, 0.2) is 17.5 Å². The van der Waals surface area contributed by atoms with Crippen LogP contribution in [0.2, 0.25) is 5.28 Å². The summed E-state index contributed by atoms with van der Waals surface area (Å²) in [5.41, 5.74) is -0.154. The predicted octanol–water partition coefficient (Wildman–Crippen LogP) is 3.28. The molecule has 2 rings (SSSR count). The predicted molar refractivity (Wildman–Crippen MR) is 50.2 cm³/mol. The Morgan fingerprint density at radius 2 is 1.87 bits per heavy atom. The summed E-state index contributed by atoms with van der Waals surface area (Å²) in [7, 11) is 0. The second kappa shape index (κ2) is 3.79. The van der Waals surface area contributed by atoms with Crippen LogP contribution in [0.3, 0.4) is 0 Å². The summed E-state index contributed by atoms with van der Waals surface area (Å²) in [5, 5.41) is 0.0514. The first-order valence-electron chi connectivity index (χ1n) is 3.72. The highest BCUT2D eigenvalue weighted by atomic mass is 35.5. The van der Waals surface area contributed by atoms with E-state index in [2.05, 4.69) is 9.36 Å². The van der Waals surface area contributed by atoms with Crippen molar-refractivity contribution in [2.45, 2.75) is 0 Å². The van der Waals surface area contributed by atoms with Gasteiger partial charge in [0.05, 0.1) is 5.56 Å². The Balaban J connectivity index is 2.59. The molecule has 0 saturated heterocycles. The Kier molecular flexibility index (Phi) is 2.62. The van der Waals surface area contributed by atoms with Crippen LogP contribution in [0.25, 0.3) is 10.6 Å². The molecule has 0 saturated carbocycles. The molecule has 0 radical (unpaired) electrons. The van der Waals surface area contributed by atoms with Gasteiger partial charge in [-0.2, -0.15) is 4.37 Å². The summed E-state index contributed by atoms with van der Waals surface area (Å²) in [4.78, 5) is 3.66. The van der Waals surface area contributed by atoms with Crippen molar-refractivity contribution < 1.29 is 13.2 Å². The van der Waals surface area contributed by atoms with Crippen LogP contribution in [0.15, 0.2) is 12.1 Å². The second-order valence-electron chi connectivity index (χ2n) is 2.59. The molecule has 0 bridgehead atoms. The van der Waals surface area contributed by atoms with E-state index in [-0.39, 0.29) is 15.9 Å². The molecule has 15 heavy (non-hydrogen) atoms. The van der Waals surface area contributed by atoms with E-state index in [1.807, 2.05) is 0 Å². The standard InChI is InChI=1S/C8H2ClF3N2S/c9-8-13-7(15-14-8)3-1-2-4(10)6(12)5(3)11/h1-2H. The zero-order valence-electron chi connectivity index (χ0n) is 6.97. The molecule has 2 nitrogen and oxygen atoms in total. The minimum Gasteiger partial charge on any atom is -0.204 e. The number of benzene rings is 1. The van der Waals surface area contributed by atoms with Gasteiger partial charge in [-0.05, 0) is 35.3 Å². The zero-order chi connectivity index (χ0) is 11.0. The van der Waals surface area contributed by atoms with E-state index in [4.69, 9.17) is 11.6 Å². The highest BCUT2D eigenvalue weighted by Gasteiger charge is 2.17. The van der Waals surface area contributed by atoms with E-state index in [0.29, 0.717) is 0 Å². The molecule has 0 aliphatic heterocycles. The van der Waals surface area contributed by atoms with E-state index in [1.54, 1.807) is 0 Å². The van der Waals surface area contributed by atoms with Gasteiger partial charge in [-0.1, -0.05) is 0 Å². The number of aromatic nitrogens is 2. The molecule has 78 valence electrons. The van der Waals surface area contributed by atoms with E-state index in [9.17, 15) is 13.2 Å². The van der Waals surface area contributed by atoms with Gasteiger partial charge in [0.1, 0.15) is 5.01 Å². The monoisotopic (exact) mass is 250 g/mol. The lowest BCUT2D eigenvalue weighted by atomic mass is 10.2. The minimum absolute atomic E-state index is 0.0564. The molecule has 1 aromatic carbocycles. The molecule has 0 spiro atoms. The summed E-state index contributed by atoms with van der Waals surface area (Å²) in [6.07, 6.45) is 0. The van der Waals surface area contributed by atoms with Crippen LogP contribution in [0, 0.1) is 17.5 Å². The summed E-state index contributed by atoms with van der Waals surface area (Å²) in [6, 6.07) is 1.91. The van der Waals surface area contributed by atoms with Crippen LogP contribution in [0.5, 0.6) is 0 Å². The lowest BCUT2D eigenvalue weighted by Crippen LogP contribution is -1.93. The zero-order valence-corrected chi connectivity index (χ0v) is 8.54. The molecule has 0 N–H and O–H groups in total. The van der Waals surface area contributed by atoms with Crippen LogP contribution >= 0.6 is 23.1 Å². The van der Waals surface area contributed by atoms with Gasteiger partial charge in [-0.15, -0.1) is 0 Å². The molecule has 7 heteroatoms. The van der Waals surface area contributed by atoms with Gasteiger partial charge in [0, 0.05) is 0 Å². The van der Waals surface area contributed by atoms with Crippen molar-refractivity contribution in [3.63, 3.8) is 0 Å². The average Bonchev–Trinajstić information content (AvgIpc) is 2.61. The normalized spacial score (nSPS) is 10.7. The lowest BCUT2D eigenvalue weighted by molar-refractivity contribution is 0.449. The molecule has 1 heterocycles. The molecule has 0 atom stereocenters. The van der Waals surface area contributed by atoms with Gasteiger partial charge in [-0.25, -0.2) is 18.2 Å². The molecule has 2 aromatic rings. The minimum atomic E-state index is -1.53. The molecular weight excluding hydrogens is 249 g/mol. The van der Waals surface area contributed by atoms with Crippen LogP contribution in [-0.2, 0) is 0 Å². The van der Waals surface area contributed by atoms with Gasteiger partial charge in [-0.3, -0.25) is 0 Å². The summed E-state index contributed by atoms with van der Waals surface area (Å²) >= 11 is 6.24. The summed E-state index contributed by atoms with van der Waals surface area (Å²) in [5.74, 6) is -4.06. The molecule has 1 aromatic heterocycles. The highest BCUT2D eigenvalue weighted by molar-refractivity contribution is 7.09. The van der Waals surface area contributed by atoms with Gasteiger partial charge in [0.2, 0.25) is 5.28 Å². The SMILES string of the molecule is Fc1ccc(-c2nc(Cl)ns2)c(F)c1F.